The van der Waals surface area contributed by atoms with E-state index in [4.69, 9.17) is 14.2 Å². The number of hydrogen-bond donors (Lipinski definition) is 1. The summed E-state index contributed by atoms with van der Waals surface area (Å²) in [5.74, 6) is 0.728. The molecule has 2 aromatic carbocycles. The number of carboxylic acid groups (broad SMARTS) is 1. The van der Waals surface area contributed by atoms with Crippen molar-refractivity contribution in [2.24, 2.45) is 0 Å². The van der Waals surface area contributed by atoms with Gasteiger partial charge in [0.05, 0.1) is 0 Å². The quantitative estimate of drug-likeness (QED) is 0.801. The van der Waals surface area contributed by atoms with E-state index < -0.39 is 5.97 Å². The molecule has 108 valence electrons. The molecule has 0 aromatic heterocycles. The number of carboxylic acids is 1. The first-order chi connectivity index (χ1) is 10.1. The van der Waals surface area contributed by atoms with Crippen LogP contribution in [0.25, 0.3) is 0 Å². The molecule has 3 rings (SSSR count). The Morgan fingerprint density at radius 2 is 2.00 bits per heavy atom. The summed E-state index contributed by atoms with van der Waals surface area (Å²) in [5.41, 5.74) is 1.04. The van der Waals surface area contributed by atoms with Crippen LogP contribution in [0.1, 0.15) is 15.9 Å². The van der Waals surface area contributed by atoms with Gasteiger partial charge in [0.15, 0.2) is 11.5 Å². The molecule has 1 aliphatic rings. The van der Waals surface area contributed by atoms with Crippen LogP contribution in [0.4, 0.5) is 0 Å². The van der Waals surface area contributed by atoms with Gasteiger partial charge in [0, 0.05) is 3.57 Å². The van der Waals surface area contributed by atoms with E-state index in [-0.39, 0.29) is 19.0 Å². The highest BCUT2D eigenvalue weighted by Gasteiger charge is 2.15. The smallest absolute Gasteiger partial charge is 0.339 e. The molecule has 0 saturated carbocycles. The first-order valence-corrected chi connectivity index (χ1v) is 7.25. The molecule has 0 aliphatic carbocycles. The average molecular weight is 398 g/mol. The first-order valence-electron chi connectivity index (χ1n) is 6.17. The molecule has 2 aromatic rings. The fourth-order valence-corrected chi connectivity index (χ4v) is 2.48. The molecule has 0 radical (unpaired) electrons. The molecule has 0 amide bonds. The molecule has 1 N–H and O–H groups in total. The highest BCUT2D eigenvalue weighted by atomic mass is 127. The van der Waals surface area contributed by atoms with Gasteiger partial charge in [-0.25, -0.2) is 4.79 Å². The predicted octanol–water partition coefficient (Wildman–Crippen LogP) is 3.30. The van der Waals surface area contributed by atoms with Gasteiger partial charge in [-0.1, -0.05) is 6.07 Å². The van der Waals surface area contributed by atoms with Crippen LogP contribution >= 0.6 is 22.6 Å². The van der Waals surface area contributed by atoms with Crippen molar-refractivity contribution in [1.29, 1.82) is 0 Å². The number of rotatable bonds is 4. The summed E-state index contributed by atoms with van der Waals surface area (Å²) in [7, 11) is 0. The fourth-order valence-electron chi connectivity index (χ4n) is 1.99. The summed E-state index contributed by atoms with van der Waals surface area (Å²) in [4.78, 5) is 11.2. The largest absolute Gasteiger partial charge is 0.488 e. The Kier molecular flexibility index (Phi) is 3.87. The van der Waals surface area contributed by atoms with Crippen molar-refractivity contribution in [3.8, 4) is 17.2 Å². The predicted molar refractivity (Wildman–Crippen MR) is 83.0 cm³/mol. The molecule has 0 fully saturated rings. The zero-order valence-electron chi connectivity index (χ0n) is 10.8. The molecule has 0 bridgehead atoms. The minimum absolute atomic E-state index is 0.155. The molecule has 0 unspecified atom stereocenters. The Morgan fingerprint density at radius 3 is 2.81 bits per heavy atom. The highest BCUT2D eigenvalue weighted by Crippen LogP contribution is 2.33. The minimum atomic E-state index is -1.01. The van der Waals surface area contributed by atoms with Crippen molar-refractivity contribution in [1.82, 2.24) is 0 Å². The molecule has 5 nitrogen and oxygen atoms in total. The van der Waals surface area contributed by atoms with Gasteiger partial charge in [-0.3, -0.25) is 0 Å². The molecule has 1 heterocycles. The Labute approximate surface area is 134 Å². The zero-order valence-corrected chi connectivity index (χ0v) is 13.0. The molecule has 0 spiro atoms. The van der Waals surface area contributed by atoms with E-state index in [1.807, 2.05) is 24.3 Å². The molecular weight excluding hydrogens is 387 g/mol. The average Bonchev–Trinajstić information content (AvgIpc) is 2.93. The number of carbonyl (C=O) groups is 1. The van der Waals surface area contributed by atoms with E-state index in [1.54, 1.807) is 12.1 Å². The summed E-state index contributed by atoms with van der Waals surface area (Å²) < 4.78 is 17.0. The SMILES string of the molecule is O=C(O)c1cc(I)ccc1OCc1ccc2c(c1)OCO2. The van der Waals surface area contributed by atoms with Crippen LogP contribution in [0.5, 0.6) is 17.2 Å². The van der Waals surface area contributed by atoms with Crippen molar-refractivity contribution >= 4 is 28.6 Å². The number of fused-ring (bicyclic) bond motifs is 1. The second kappa shape index (κ2) is 5.80. The van der Waals surface area contributed by atoms with Crippen molar-refractivity contribution in [3.05, 3.63) is 51.1 Å². The standard InChI is InChI=1S/C15H11IO5/c16-10-2-4-12(11(6-10)15(17)18)19-7-9-1-3-13-14(5-9)21-8-20-13/h1-6H,7-8H2,(H,17,18). The maximum absolute atomic E-state index is 11.2. The third kappa shape index (κ3) is 3.05. The van der Waals surface area contributed by atoms with Crippen LogP contribution in [0.15, 0.2) is 36.4 Å². The third-order valence-electron chi connectivity index (χ3n) is 3.00. The van der Waals surface area contributed by atoms with Crippen LogP contribution in [0, 0.1) is 3.57 Å². The Bertz CT molecular complexity index is 698. The van der Waals surface area contributed by atoms with E-state index in [2.05, 4.69) is 22.6 Å². The number of hydrogen-bond acceptors (Lipinski definition) is 4. The van der Waals surface area contributed by atoms with Gasteiger partial charge >= 0.3 is 5.97 Å². The van der Waals surface area contributed by atoms with Crippen molar-refractivity contribution in [2.75, 3.05) is 6.79 Å². The Hall–Kier alpha value is -1.96. The molecule has 0 saturated heterocycles. The van der Waals surface area contributed by atoms with Crippen molar-refractivity contribution < 1.29 is 24.1 Å². The summed E-state index contributed by atoms with van der Waals surface area (Å²) in [5, 5.41) is 9.19. The lowest BCUT2D eigenvalue weighted by Gasteiger charge is -2.10. The van der Waals surface area contributed by atoms with Crippen molar-refractivity contribution in [2.45, 2.75) is 6.61 Å². The molecule has 6 heteroatoms. The van der Waals surface area contributed by atoms with E-state index in [9.17, 15) is 9.90 Å². The Balaban J connectivity index is 1.77. The van der Waals surface area contributed by atoms with Crippen LogP contribution in [0.2, 0.25) is 0 Å². The fraction of sp³-hybridized carbons (Fsp3) is 0.133. The number of aromatic carboxylic acids is 1. The normalized spacial score (nSPS) is 12.2. The van der Waals surface area contributed by atoms with Gasteiger partial charge < -0.3 is 19.3 Å². The maximum atomic E-state index is 11.2. The molecular formula is C15H11IO5. The van der Waals surface area contributed by atoms with E-state index in [1.165, 1.54) is 0 Å². The van der Waals surface area contributed by atoms with Crippen molar-refractivity contribution in [3.63, 3.8) is 0 Å². The molecule has 0 atom stereocenters. The van der Waals surface area contributed by atoms with Crippen LogP contribution < -0.4 is 14.2 Å². The maximum Gasteiger partial charge on any atom is 0.339 e. The van der Waals surface area contributed by atoms with E-state index in [0.29, 0.717) is 17.2 Å². The summed E-state index contributed by atoms with van der Waals surface area (Å²) >= 11 is 2.07. The second-order valence-electron chi connectivity index (χ2n) is 4.42. The lowest BCUT2D eigenvalue weighted by atomic mass is 10.2. The van der Waals surface area contributed by atoms with Gasteiger partial charge in [0.2, 0.25) is 6.79 Å². The number of ether oxygens (including phenoxy) is 3. The molecule has 21 heavy (non-hydrogen) atoms. The van der Waals surface area contributed by atoms with E-state index in [0.717, 1.165) is 9.13 Å². The lowest BCUT2D eigenvalue weighted by molar-refractivity contribution is 0.0691. The summed E-state index contributed by atoms with van der Waals surface area (Å²) in [6.45, 7) is 0.484. The lowest BCUT2D eigenvalue weighted by Crippen LogP contribution is -2.04. The monoisotopic (exact) mass is 398 g/mol. The summed E-state index contributed by atoms with van der Waals surface area (Å²) in [6.07, 6.45) is 0. The van der Waals surface area contributed by atoms with Gasteiger partial charge in [-0.2, -0.15) is 0 Å². The van der Waals surface area contributed by atoms with Gasteiger partial charge in [-0.05, 0) is 58.5 Å². The topological polar surface area (TPSA) is 65.0 Å². The zero-order chi connectivity index (χ0) is 14.8. The third-order valence-corrected chi connectivity index (χ3v) is 3.67. The highest BCUT2D eigenvalue weighted by molar-refractivity contribution is 14.1. The van der Waals surface area contributed by atoms with E-state index >= 15 is 0 Å². The minimum Gasteiger partial charge on any atom is -0.488 e. The van der Waals surface area contributed by atoms with Gasteiger partial charge in [-0.15, -0.1) is 0 Å². The molecule has 1 aliphatic heterocycles. The van der Waals surface area contributed by atoms with Crippen LogP contribution in [-0.4, -0.2) is 17.9 Å². The Morgan fingerprint density at radius 1 is 1.19 bits per heavy atom. The number of benzene rings is 2. The van der Waals surface area contributed by atoms with Crippen LogP contribution in [-0.2, 0) is 6.61 Å². The second-order valence-corrected chi connectivity index (χ2v) is 5.67. The summed E-state index contributed by atoms with van der Waals surface area (Å²) in [6, 6.07) is 10.6. The van der Waals surface area contributed by atoms with Gasteiger partial charge in [0.1, 0.15) is 17.9 Å². The van der Waals surface area contributed by atoms with Gasteiger partial charge in [0.25, 0.3) is 0 Å². The first kappa shape index (κ1) is 14.0. The van der Waals surface area contributed by atoms with Crippen LogP contribution in [0.3, 0.4) is 0 Å². The number of halogens is 1.